The molecule has 5 nitrogen and oxygen atoms in total. The average molecular weight is 225 g/mol. The average Bonchev–Trinajstić information content (AvgIpc) is 2.43. The van der Waals surface area contributed by atoms with Crippen LogP contribution in [-0.2, 0) is 10.8 Å². The predicted molar refractivity (Wildman–Crippen MR) is 62.6 cm³/mol. The quantitative estimate of drug-likeness (QED) is 0.590. The Morgan fingerprint density at radius 1 is 1.12 bits per heavy atom. The minimum atomic E-state index is -0.343. The molecule has 0 aliphatic carbocycles. The van der Waals surface area contributed by atoms with E-state index in [2.05, 4.69) is 10.2 Å². The summed E-state index contributed by atoms with van der Waals surface area (Å²) in [7, 11) is 0. The second-order valence-corrected chi connectivity index (χ2v) is 6.05. The molecule has 0 unspecified atom stereocenters. The SMILES string of the molecule is CC(C)(C)c1n[nH]c(C(C)(C)C)c1[N+](=O)[O-]. The molecule has 16 heavy (non-hydrogen) atoms. The molecule has 1 heterocycles. The van der Waals surface area contributed by atoms with Gasteiger partial charge in [0.05, 0.1) is 4.92 Å². The van der Waals surface area contributed by atoms with Crippen LogP contribution >= 0.6 is 0 Å². The summed E-state index contributed by atoms with van der Waals surface area (Å²) in [6, 6.07) is 0. The lowest BCUT2D eigenvalue weighted by atomic mass is 9.86. The van der Waals surface area contributed by atoms with Crippen molar-refractivity contribution in [2.75, 3.05) is 0 Å². The van der Waals surface area contributed by atoms with E-state index in [1.54, 1.807) is 0 Å². The fraction of sp³-hybridized carbons (Fsp3) is 0.727. The van der Waals surface area contributed by atoms with Gasteiger partial charge in [0.15, 0.2) is 0 Å². The van der Waals surface area contributed by atoms with Gasteiger partial charge in [0.2, 0.25) is 0 Å². The number of nitro groups is 1. The minimum absolute atomic E-state index is 0.125. The lowest BCUT2D eigenvalue weighted by Crippen LogP contribution is -2.17. The van der Waals surface area contributed by atoms with Gasteiger partial charge in [0.1, 0.15) is 11.4 Å². The van der Waals surface area contributed by atoms with E-state index in [0.29, 0.717) is 11.4 Å². The lowest BCUT2D eigenvalue weighted by molar-refractivity contribution is -0.387. The molecule has 1 aromatic rings. The van der Waals surface area contributed by atoms with Crippen molar-refractivity contribution in [3.63, 3.8) is 0 Å². The Labute approximate surface area is 95.4 Å². The van der Waals surface area contributed by atoms with E-state index in [4.69, 9.17) is 0 Å². The summed E-state index contributed by atoms with van der Waals surface area (Å²) in [5.74, 6) is 0. The Kier molecular flexibility index (Phi) is 2.83. The van der Waals surface area contributed by atoms with E-state index >= 15 is 0 Å². The van der Waals surface area contributed by atoms with E-state index < -0.39 is 0 Å². The third kappa shape index (κ3) is 2.23. The smallest absolute Gasteiger partial charge is 0.275 e. The largest absolute Gasteiger partial charge is 0.314 e. The maximum absolute atomic E-state index is 11.1. The van der Waals surface area contributed by atoms with Crippen LogP contribution in [0.4, 0.5) is 5.69 Å². The molecule has 0 saturated heterocycles. The molecule has 0 aliphatic rings. The van der Waals surface area contributed by atoms with Gasteiger partial charge in [-0.05, 0) is 0 Å². The van der Waals surface area contributed by atoms with Gasteiger partial charge in [0.25, 0.3) is 0 Å². The number of aromatic nitrogens is 2. The molecular weight excluding hydrogens is 206 g/mol. The lowest BCUT2D eigenvalue weighted by Gasteiger charge is -2.17. The fourth-order valence-corrected chi connectivity index (χ4v) is 1.56. The molecule has 0 fully saturated rings. The first-order valence-electron chi connectivity index (χ1n) is 5.29. The van der Waals surface area contributed by atoms with Gasteiger partial charge in [-0.1, -0.05) is 41.5 Å². The molecule has 5 heteroatoms. The Hall–Kier alpha value is -1.39. The first-order chi connectivity index (χ1) is 7.05. The van der Waals surface area contributed by atoms with Crippen LogP contribution in [0.15, 0.2) is 0 Å². The van der Waals surface area contributed by atoms with Crippen LogP contribution in [0.2, 0.25) is 0 Å². The van der Waals surface area contributed by atoms with Crippen LogP contribution in [0.25, 0.3) is 0 Å². The van der Waals surface area contributed by atoms with Gasteiger partial charge < -0.3 is 0 Å². The molecular formula is C11H19N3O2. The van der Waals surface area contributed by atoms with Crippen molar-refractivity contribution in [1.29, 1.82) is 0 Å². The van der Waals surface area contributed by atoms with Crippen LogP contribution < -0.4 is 0 Å². The van der Waals surface area contributed by atoms with E-state index in [1.807, 2.05) is 41.5 Å². The third-order valence-corrected chi connectivity index (χ3v) is 2.38. The minimum Gasteiger partial charge on any atom is -0.275 e. The number of H-pyrrole nitrogens is 1. The molecule has 0 atom stereocenters. The molecule has 0 spiro atoms. The number of aromatic amines is 1. The van der Waals surface area contributed by atoms with Gasteiger partial charge >= 0.3 is 5.69 Å². The van der Waals surface area contributed by atoms with Gasteiger partial charge in [-0.25, -0.2) is 0 Å². The van der Waals surface area contributed by atoms with Crippen molar-refractivity contribution in [3.05, 3.63) is 21.5 Å². The molecule has 0 radical (unpaired) electrons. The molecule has 0 amide bonds. The van der Waals surface area contributed by atoms with Gasteiger partial charge in [-0.2, -0.15) is 5.10 Å². The molecule has 1 N–H and O–H groups in total. The van der Waals surface area contributed by atoms with Crippen LogP contribution in [0.3, 0.4) is 0 Å². The Balaban J connectivity index is 3.47. The zero-order valence-electron chi connectivity index (χ0n) is 10.7. The topological polar surface area (TPSA) is 71.8 Å². The molecule has 1 aromatic heterocycles. The van der Waals surface area contributed by atoms with Crippen molar-refractivity contribution in [2.24, 2.45) is 0 Å². The second-order valence-electron chi connectivity index (χ2n) is 6.05. The zero-order chi connectivity index (χ0) is 12.7. The normalized spacial score (nSPS) is 12.9. The van der Waals surface area contributed by atoms with Crippen molar-refractivity contribution >= 4 is 5.69 Å². The summed E-state index contributed by atoms with van der Waals surface area (Å²) in [6.45, 7) is 11.5. The van der Waals surface area contributed by atoms with Crippen molar-refractivity contribution in [1.82, 2.24) is 10.2 Å². The standard InChI is InChI=1S/C11H19N3O2/c1-10(2,3)8-7(14(15)16)9(13-12-8)11(4,5)6/h1-6H3,(H,12,13). The number of rotatable bonds is 1. The Morgan fingerprint density at radius 3 is 1.94 bits per heavy atom. The number of hydrogen-bond acceptors (Lipinski definition) is 3. The zero-order valence-corrected chi connectivity index (χ0v) is 10.7. The van der Waals surface area contributed by atoms with Crippen molar-refractivity contribution in [3.8, 4) is 0 Å². The highest BCUT2D eigenvalue weighted by molar-refractivity contribution is 5.46. The molecule has 0 aromatic carbocycles. The first-order valence-corrected chi connectivity index (χ1v) is 5.29. The van der Waals surface area contributed by atoms with Gasteiger partial charge in [-0.15, -0.1) is 0 Å². The summed E-state index contributed by atoms with van der Waals surface area (Å²) >= 11 is 0. The molecule has 0 aliphatic heterocycles. The van der Waals surface area contributed by atoms with Crippen LogP contribution in [-0.4, -0.2) is 15.1 Å². The van der Waals surface area contributed by atoms with Crippen LogP contribution in [0.5, 0.6) is 0 Å². The summed E-state index contributed by atoms with van der Waals surface area (Å²) < 4.78 is 0. The summed E-state index contributed by atoms with van der Waals surface area (Å²) in [4.78, 5) is 10.8. The predicted octanol–water partition coefficient (Wildman–Crippen LogP) is 2.91. The highest BCUT2D eigenvalue weighted by Crippen LogP contribution is 2.36. The Bertz CT molecular complexity index is 376. The highest BCUT2D eigenvalue weighted by atomic mass is 16.6. The summed E-state index contributed by atoms with van der Waals surface area (Å²) in [6.07, 6.45) is 0. The third-order valence-electron chi connectivity index (χ3n) is 2.38. The molecule has 1 rings (SSSR count). The van der Waals surface area contributed by atoms with E-state index in [-0.39, 0.29) is 21.4 Å². The number of nitrogens with zero attached hydrogens (tertiary/aromatic N) is 2. The van der Waals surface area contributed by atoms with E-state index in [1.165, 1.54) is 0 Å². The maximum atomic E-state index is 11.1. The monoisotopic (exact) mass is 225 g/mol. The van der Waals surface area contributed by atoms with Gasteiger partial charge in [0, 0.05) is 10.8 Å². The Morgan fingerprint density at radius 2 is 1.62 bits per heavy atom. The van der Waals surface area contributed by atoms with Crippen LogP contribution in [0.1, 0.15) is 52.9 Å². The van der Waals surface area contributed by atoms with Crippen molar-refractivity contribution < 1.29 is 4.92 Å². The first kappa shape index (κ1) is 12.7. The van der Waals surface area contributed by atoms with Crippen molar-refractivity contribution in [2.45, 2.75) is 52.4 Å². The molecule has 0 bridgehead atoms. The van der Waals surface area contributed by atoms with E-state index in [9.17, 15) is 10.1 Å². The molecule has 0 saturated carbocycles. The van der Waals surface area contributed by atoms with Crippen LogP contribution in [0, 0.1) is 10.1 Å². The van der Waals surface area contributed by atoms with Gasteiger partial charge in [-0.3, -0.25) is 15.2 Å². The fourth-order valence-electron chi connectivity index (χ4n) is 1.56. The summed E-state index contributed by atoms with van der Waals surface area (Å²) in [5, 5.41) is 18.1. The summed E-state index contributed by atoms with van der Waals surface area (Å²) in [5.41, 5.74) is 0.589. The second kappa shape index (κ2) is 3.57. The number of nitrogens with one attached hydrogen (secondary N) is 1. The highest BCUT2D eigenvalue weighted by Gasteiger charge is 2.36. The number of hydrogen-bond donors (Lipinski definition) is 1. The van der Waals surface area contributed by atoms with E-state index in [0.717, 1.165) is 0 Å². The maximum Gasteiger partial charge on any atom is 0.314 e. The molecule has 90 valence electrons.